The number of hydrogen-bond donors (Lipinski definition) is 1. The Morgan fingerprint density at radius 2 is 1.42 bits per heavy atom. The van der Waals surface area contributed by atoms with Crippen molar-refractivity contribution in [1.82, 2.24) is 5.43 Å². The summed E-state index contributed by atoms with van der Waals surface area (Å²) in [5.74, 6) is 1.60. The minimum absolute atomic E-state index is 0.216. The molecule has 9 nitrogen and oxygen atoms in total. The molecule has 0 fully saturated rings. The Balaban J connectivity index is 1.25. The molecule has 0 heterocycles. The summed E-state index contributed by atoms with van der Waals surface area (Å²) in [5.41, 5.74) is 4.52. The summed E-state index contributed by atoms with van der Waals surface area (Å²) in [6, 6.07) is 28.6. The summed E-state index contributed by atoms with van der Waals surface area (Å²) >= 11 is 0. The molecular formula is C34H34N2O7. The fourth-order valence-corrected chi connectivity index (χ4v) is 3.76. The summed E-state index contributed by atoms with van der Waals surface area (Å²) < 4.78 is 28.1. The van der Waals surface area contributed by atoms with Crippen LogP contribution in [-0.2, 0) is 11.4 Å². The van der Waals surface area contributed by atoms with Gasteiger partial charge in [0.1, 0.15) is 23.9 Å². The molecule has 0 spiro atoms. The number of nitrogens with zero attached hydrogens (tertiary/aromatic N) is 1. The van der Waals surface area contributed by atoms with Crippen LogP contribution >= 0.6 is 0 Å². The zero-order valence-corrected chi connectivity index (χ0v) is 24.2. The highest BCUT2D eigenvalue weighted by Gasteiger charge is 2.14. The molecule has 43 heavy (non-hydrogen) atoms. The number of hydrogen-bond acceptors (Lipinski definition) is 8. The van der Waals surface area contributed by atoms with Crippen molar-refractivity contribution in [1.29, 1.82) is 0 Å². The molecule has 0 saturated heterocycles. The van der Waals surface area contributed by atoms with E-state index >= 15 is 0 Å². The molecule has 0 saturated carbocycles. The second kappa shape index (κ2) is 16.2. The Labute approximate surface area is 251 Å². The minimum Gasteiger partial charge on any atom is -0.494 e. The SMILES string of the molecule is CCCOc1ccc(C(=O)Oc2ccc(/C=N/NC(=O)COc3ccc(OCc4ccccc4)cc3)cc2OCC)cc1. The van der Waals surface area contributed by atoms with E-state index in [0.717, 1.165) is 12.0 Å². The first-order chi connectivity index (χ1) is 21.0. The van der Waals surface area contributed by atoms with Crippen molar-refractivity contribution in [3.63, 3.8) is 0 Å². The Hall–Kier alpha value is -5.31. The fourth-order valence-electron chi connectivity index (χ4n) is 3.76. The largest absolute Gasteiger partial charge is 0.494 e. The second-order valence-electron chi connectivity index (χ2n) is 9.23. The van der Waals surface area contributed by atoms with Gasteiger partial charge in [-0.25, -0.2) is 10.2 Å². The van der Waals surface area contributed by atoms with E-state index in [0.29, 0.717) is 53.9 Å². The van der Waals surface area contributed by atoms with Crippen molar-refractivity contribution in [2.24, 2.45) is 5.10 Å². The monoisotopic (exact) mass is 582 g/mol. The van der Waals surface area contributed by atoms with Gasteiger partial charge in [0.25, 0.3) is 5.91 Å². The lowest BCUT2D eigenvalue weighted by Gasteiger charge is -2.12. The van der Waals surface area contributed by atoms with Gasteiger partial charge in [0.15, 0.2) is 18.1 Å². The number of ether oxygens (including phenoxy) is 5. The van der Waals surface area contributed by atoms with Crippen LogP contribution < -0.4 is 29.1 Å². The molecule has 0 unspecified atom stereocenters. The van der Waals surface area contributed by atoms with E-state index < -0.39 is 11.9 Å². The molecule has 0 aliphatic rings. The van der Waals surface area contributed by atoms with Gasteiger partial charge in [0.05, 0.1) is 25.0 Å². The van der Waals surface area contributed by atoms with Crippen molar-refractivity contribution in [3.8, 4) is 28.7 Å². The highest BCUT2D eigenvalue weighted by molar-refractivity contribution is 5.92. The molecule has 0 radical (unpaired) electrons. The first kappa shape index (κ1) is 30.6. The Bertz CT molecular complexity index is 1490. The molecule has 4 aromatic rings. The molecule has 1 N–H and O–H groups in total. The van der Waals surface area contributed by atoms with Crippen LogP contribution in [0.5, 0.6) is 28.7 Å². The lowest BCUT2D eigenvalue weighted by Crippen LogP contribution is -2.24. The average molecular weight is 583 g/mol. The third-order valence-electron chi connectivity index (χ3n) is 5.88. The number of nitrogens with one attached hydrogen (secondary N) is 1. The lowest BCUT2D eigenvalue weighted by molar-refractivity contribution is -0.123. The van der Waals surface area contributed by atoms with Crippen molar-refractivity contribution in [2.45, 2.75) is 26.9 Å². The molecule has 0 aliphatic heterocycles. The van der Waals surface area contributed by atoms with Crippen molar-refractivity contribution in [2.75, 3.05) is 19.8 Å². The second-order valence-corrected chi connectivity index (χ2v) is 9.23. The fraction of sp³-hybridized carbons (Fsp3) is 0.206. The van der Waals surface area contributed by atoms with Crippen LogP contribution in [0.15, 0.2) is 102 Å². The maximum Gasteiger partial charge on any atom is 0.343 e. The van der Waals surface area contributed by atoms with Crippen LogP contribution in [0.2, 0.25) is 0 Å². The van der Waals surface area contributed by atoms with Crippen molar-refractivity contribution < 1.29 is 33.3 Å². The zero-order chi connectivity index (χ0) is 30.3. The van der Waals surface area contributed by atoms with E-state index in [-0.39, 0.29) is 12.4 Å². The first-order valence-corrected chi connectivity index (χ1v) is 14.0. The Morgan fingerprint density at radius 3 is 2.12 bits per heavy atom. The highest BCUT2D eigenvalue weighted by atomic mass is 16.6. The number of esters is 1. The summed E-state index contributed by atoms with van der Waals surface area (Å²) in [5, 5.41) is 3.99. The summed E-state index contributed by atoms with van der Waals surface area (Å²) in [7, 11) is 0. The quantitative estimate of drug-likeness (QED) is 0.0770. The van der Waals surface area contributed by atoms with E-state index in [1.807, 2.05) is 44.2 Å². The third-order valence-corrected chi connectivity index (χ3v) is 5.88. The normalized spacial score (nSPS) is 10.7. The first-order valence-electron chi connectivity index (χ1n) is 14.0. The molecule has 0 atom stereocenters. The molecule has 0 bridgehead atoms. The minimum atomic E-state index is -0.522. The van der Waals surface area contributed by atoms with Crippen molar-refractivity contribution >= 4 is 18.1 Å². The van der Waals surface area contributed by atoms with E-state index in [1.165, 1.54) is 6.21 Å². The summed E-state index contributed by atoms with van der Waals surface area (Å²) in [6.45, 7) is 5.07. The van der Waals surface area contributed by atoms with Gasteiger partial charge in [-0.15, -0.1) is 0 Å². The van der Waals surface area contributed by atoms with E-state index in [2.05, 4.69) is 10.5 Å². The number of benzene rings is 4. The Kier molecular flexibility index (Phi) is 11.6. The lowest BCUT2D eigenvalue weighted by atomic mass is 10.2. The van der Waals surface area contributed by atoms with Gasteiger partial charge < -0.3 is 23.7 Å². The van der Waals surface area contributed by atoms with Gasteiger partial charge in [-0.05, 0) is 91.2 Å². The number of amides is 1. The molecule has 222 valence electrons. The van der Waals surface area contributed by atoms with Crippen molar-refractivity contribution in [3.05, 3.63) is 114 Å². The molecule has 0 aromatic heterocycles. The number of hydrazone groups is 1. The van der Waals surface area contributed by atoms with Crippen LogP contribution in [0.4, 0.5) is 0 Å². The predicted octanol–water partition coefficient (Wildman–Crippen LogP) is 6.20. The number of rotatable bonds is 15. The standard InChI is InChI=1S/C34H34N2O7/c1-3-20-40-28-13-11-27(12-14-28)34(38)43-31-19-10-26(21-32(31)39-4-2)22-35-36-33(37)24-42-30-17-15-29(16-18-30)41-23-25-8-6-5-7-9-25/h5-19,21-22H,3-4,20,23-24H2,1-2H3,(H,36,37)/b35-22+. The molecule has 4 rings (SSSR count). The molecule has 1 amide bonds. The summed E-state index contributed by atoms with van der Waals surface area (Å²) in [6.07, 6.45) is 2.35. The molecular weight excluding hydrogens is 548 g/mol. The van der Waals surface area contributed by atoms with Gasteiger partial charge in [0.2, 0.25) is 0 Å². The van der Waals surface area contributed by atoms with Crippen LogP contribution in [-0.4, -0.2) is 37.9 Å². The van der Waals surface area contributed by atoms with Gasteiger partial charge >= 0.3 is 5.97 Å². The van der Waals surface area contributed by atoms with Crippen LogP contribution in [0, 0.1) is 0 Å². The molecule has 4 aromatic carbocycles. The topological polar surface area (TPSA) is 105 Å². The van der Waals surface area contributed by atoms with Gasteiger partial charge in [-0.2, -0.15) is 5.10 Å². The zero-order valence-electron chi connectivity index (χ0n) is 24.2. The maximum absolute atomic E-state index is 12.7. The van der Waals surface area contributed by atoms with E-state index in [4.69, 9.17) is 23.7 Å². The summed E-state index contributed by atoms with van der Waals surface area (Å²) in [4.78, 5) is 24.9. The average Bonchev–Trinajstić information content (AvgIpc) is 3.04. The smallest absolute Gasteiger partial charge is 0.343 e. The third kappa shape index (κ3) is 9.93. The van der Waals surface area contributed by atoms with E-state index in [9.17, 15) is 9.59 Å². The number of carbonyl (C=O) groups is 2. The predicted molar refractivity (Wildman–Crippen MR) is 163 cm³/mol. The van der Waals surface area contributed by atoms with Crippen LogP contribution in [0.1, 0.15) is 41.8 Å². The Morgan fingerprint density at radius 1 is 0.744 bits per heavy atom. The van der Waals surface area contributed by atoms with Crippen LogP contribution in [0.25, 0.3) is 0 Å². The maximum atomic E-state index is 12.7. The van der Waals surface area contributed by atoms with Gasteiger partial charge in [-0.1, -0.05) is 37.3 Å². The molecule has 0 aliphatic carbocycles. The van der Waals surface area contributed by atoms with E-state index in [1.54, 1.807) is 66.7 Å². The number of carbonyl (C=O) groups excluding carboxylic acids is 2. The van der Waals surface area contributed by atoms with Crippen LogP contribution in [0.3, 0.4) is 0 Å². The molecule has 9 heteroatoms. The van der Waals surface area contributed by atoms with Gasteiger partial charge in [0, 0.05) is 0 Å². The van der Waals surface area contributed by atoms with Gasteiger partial charge in [-0.3, -0.25) is 4.79 Å². The highest BCUT2D eigenvalue weighted by Crippen LogP contribution is 2.29.